The number of morpholine rings is 1. The van der Waals surface area contributed by atoms with Crippen LogP contribution in [0, 0.1) is 0 Å². The Morgan fingerprint density at radius 1 is 1.37 bits per heavy atom. The second-order valence-corrected chi connectivity index (χ2v) is 4.16. The number of aliphatic carboxylic acids is 1. The molecule has 1 saturated heterocycles. The van der Waals surface area contributed by atoms with Crippen molar-refractivity contribution in [2.24, 2.45) is 0 Å². The summed E-state index contributed by atoms with van der Waals surface area (Å²) in [5.41, 5.74) is 0.439. The Hall–Kier alpha value is -2.08. The van der Waals surface area contributed by atoms with Crippen molar-refractivity contribution in [1.29, 1.82) is 0 Å². The number of carboxylic acids is 1. The van der Waals surface area contributed by atoms with Crippen molar-refractivity contribution in [3.63, 3.8) is 0 Å². The summed E-state index contributed by atoms with van der Waals surface area (Å²) in [6.45, 7) is 0.657. The van der Waals surface area contributed by atoms with E-state index in [1.165, 1.54) is 4.90 Å². The van der Waals surface area contributed by atoms with E-state index in [4.69, 9.17) is 14.6 Å². The first-order valence-corrected chi connectivity index (χ1v) is 5.89. The van der Waals surface area contributed by atoms with Crippen LogP contribution in [0.3, 0.4) is 0 Å². The number of benzene rings is 1. The SMILES string of the molecule is COc1ccc(C(=O)N2CCOC[C@@H]2C(=O)O)cc1. The molecule has 0 aromatic heterocycles. The summed E-state index contributed by atoms with van der Waals surface area (Å²) >= 11 is 0. The highest BCUT2D eigenvalue weighted by molar-refractivity contribution is 5.96. The predicted octanol–water partition coefficient (Wildman–Crippen LogP) is 0.621. The molecule has 1 aliphatic heterocycles. The van der Waals surface area contributed by atoms with E-state index in [9.17, 15) is 9.59 Å². The summed E-state index contributed by atoms with van der Waals surface area (Å²) in [5, 5.41) is 9.09. The minimum Gasteiger partial charge on any atom is -0.497 e. The largest absolute Gasteiger partial charge is 0.497 e. The third-order valence-corrected chi connectivity index (χ3v) is 3.01. The molecule has 1 N–H and O–H groups in total. The quantitative estimate of drug-likeness (QED) is 0.867. The normalized spacial score (nSPS) is 19.0. The number of carbonyl (C=O) groups is 2. The van der Waals surface area contributed by atoms with Crippen LogP contribution in [0.2, 0.25) is 0 Å². The maximum Gasteiger partial charge on any atom is 0.328 e. The average Bonchev–Trinajstić information content (AvgIpc) is 2.46. The van der Waals surface area contributed by atoms with Crippen molar-refractivity contribution >= 4 is 11.9 Å². The van der Waals surface area contributed by atoms with Gasteiger partial charge in [-0.15, -0.1) is 0 Å². The van der Waals surface area contributed by atoms with Crippen LogP contribution in [0.15, 0.2) is 24.3 Å². The standard InChI is InChI=1S/C13H15NO5/c1-18-10-4-2-9(3-5-10)12(15)14-6-7-19-8-11(14)13(16)17/h2-5,11H,6-8H2,1H3,(H,16,17)/t11-/m1/s1. The molecule has 0 saturated carbocycles. The number of carboxylic acid groups (broad SMARTS) is 1. The summed E-state index contributed by atoms with van der Waals surface area (Å²) in [6, 6.07) is 5.65. The van der Waals surface area contributed by atoms with Crippen molar-refractivity contribution in [3.8, 4) is 5.75 Å². The van der Waals surface area contributed by atoms with Crippen LogP contribution in [0.4, 0.5) is 0 Å². The van der Waals surface area contributed by atoms with Gasteiger partial charge in [-0.2, -0.15) is 0 Å². The minimum absolute atomic E-state index is 0.0250. The van der Waals surface area contributed by atoms with Crippen molar-refractivity contribution in [2.75, 3.05) is 26.9 Å². The van der Waals surface area contributed by atoms with E-state index in [0.29, 0.717) is 17.9 Å². The Bertz CT molecular complexity index is 470. The summed E-state index contributed by atoms with van der Waals surface area (Å²) < 4.78 is 10.1. The molecule has 1 amide bonds. The highest BCUT2D eigenvalue weighted by atomic mass is 16.5. The van der Waals surface area contributed by atoms with Gasteiger partial charge in [0.2, 0.25) is 0 Å². The maximum atomic E-state index is 12.3. The van der Waals surface area contributed by atoms with E-state index in [2.05, 4.69) is 0 Å². The zero-order valence-corrected chi connectivity index (χ0v) is 10.5. The first-order valence-electron chi connectivity index (χ1n) is 5.89. The van der Waals surface area contributed by atoms with Gasteiger partial charge < -0.3 is 19.5 Å². The molecule has 0 aliphatic carbocycles. The molecule has 2 rings (SSSR count). The van der Waals surface area contributed by atoms with E-state index in [-0.39, 0.29) is 19.1 Å². The molecule has 0 spiro atoms. The van der Waals surface area contributed by atoms with Crippen LogP contribution >= 0.6 is 0 Å². The zero-order valence-electron chi connectivity index (χ0n) is 10.5. The van der Waals surface area contributed by atoms with Gasteiger partial charge in [-0.3, -0.25) is 4.79 Å². The molecular weight excluding hydrogens is 250 g/mol. The van der Waals surface area contributed by atoms with Crippen LogP contribution in [-0.2, 0) is 9.53 Å². The first-order chi connectivity index (χ1) is 9.13. The zero-order chi connectivity index (χ0) is 13.8. The predicted molar refractivity (Wildman–Crippen MR) is 66.3 cm³/mol. The van der Waals surface area contributed by atoms with Gasteiger partial charge in [-0.1, -0.05) is 0 Å². The van der Waals surface area contributed by atoms with Gasteiger partial charge in [0.05, 0.1) is 20.3 Å². The van der Waals surface area contributed by atoms with E-state index < -0.39 is 12.0 Å². The van der Waals surface area contributed by atoms with Crippen LogP contribution in [-0.4, -0.2) is 54.8 Å². The second-order valence-electron chi connectivity index (χ2n) is 4.16. The third kappa shape index (κ3) is 2.85. The molecular formula is C13H15NO5. The topological polar surface area (TPSA) is 76.1 Å². The van der Waals surface area contributed by atoms with Crippen LogP contribution in [0.5, 0.6) is 5.75 Å². The molecule has 1 aromatic rings. The lowest BCUT2D eigenvalue weighted by molar-refractivity contribution is -0.147. The number of hydrogen-bond acceptors (Lipinski definition) is 4. The molecule has 6 heteroatoms. The maximum absolute atomic E-state index is 12.3. The van der Waals surface area contributed by atoms with Gasteiger partial charge in [0.25, 0.3) is 5.91 Å². The molecule has 0 bridgehead atoms. The number of rotatable bonds is 3. The Balaban J connectivity index is 2.18. The number of nitrogens with zero attached hydrogens (tertiary/aromatic N) is 1. The third-order valence-electron chi connectivity index (χ3n) is 3.01. The summed E-state index contributed by atoms with van der Waals surface area (Å²) in [4.78, 5) is 24.7. The highest BCUT2D eigenvalue weighted by Crippen LogP contribution is 2.16. The van der Waals surface area contributed by atoms with Gasteiger partial charge >= 0.3 is 5.97 Å². The molecule has 102 valence electrons. The fourth-order valence-electron chi connectivity index (χ4n) is 1.95. The fourth-order valence-corrected chi connectivity index (χ4v) is 1.95. The molecule has 0 unspecified atom stereocenters. The first kappa shape index (κ1) is 13.4. The van der Waals surface area contributed by atoms with Gasteiger partial charge in [0.1, 0.15) is 5.75 Å². The van der Waals surface area contributed by atoms with Crippen LogP contribution in [0.25, 0.3) is 0 Å². The van der Waals surface area contributed by atoms with Crippen molar-refractivity contribution in [2.45, 2.75) is 6.04 Å². The molecule has 1 atom stereocenters. The van der Waals surface area contributed by atoms with Gasteiger partial charge in [0.15, 0.2) is 6.04 Å². The minimum atomic E-state index is -1.05. The van der Waals surface area contributed by atoms with Gasteiger partial charge in [-0.05, 0) is 24.3 Å². The Morgan fingerprint density at radius 3 is 2.63 bits per heavy atom. The Morgan fingerprint density at radius 2 is 2.05 bits per heavy atom. The van der Waals surface area contributed by atoms with E-state index in [0.717, 1.165) is 0 Å². The van der Waals surface area contributed by atoms with Gasteiger partial charge in [0, 0.05) is 12.1 Å². The second kappa shape index (κ2) is 5.71. The lowest BCUT2D eigenvalue weighted by atomic mass is 10.1. The Labute approximate surface area is 110 Å². The highest BCUT2D eigenvalue weighted by Gasteiger charge is 2.33. The van der Waals surface area contributed by atoms with Gasteiger partial charge in [-0.25, -0.2) is 4.79 Å². The fraction of sp³-hybridized carbons (Fsp3) is 0.385. The van der Waals surface area contributed by atoms with Crippen molar-refractivity contribution in [1.82, 2.24) is 4.90 Å². The van der Waals surface area contributed by atoms with E-state index in [1.807, 2.05) is 0 Å². The number of hydrogen-bond donors (Lipinski definition) is 1. The number of carbonyl (C=O) groups excluding carboxylic acids is 1. The average molecular weight is 265 g/mol. The summed E-state index contributed by atoms with van der Waals surface area (Å²) in [5.74, 6) is -0.715. The summed E-state index contributed by atoms with van der Waals surface area (Å²) in [7, 11) is 1.54. The van der Waals surface area contributed by atoms with Crippen LogP contribution < -0.4 is 4.74 Å². The molecule has 1 heterocycles. The molecule has 19 heavy (non-hydrogen) atoms. The molecule has 1 fully saturated rings. The Kier molecular flexibility index (Phi) is 4.01. The molecule has 0 radical (unpaired) electrons. The lowest BCUT2D eigenvalue weighted by Crippen LogP contribution is -2.52. The van der Waals surface area contributed by atoms with E-state index >= 15 is 0 Å². The molecule has 6 nitrogen and oxygen atoms in total. The number of amides is 1. The smallest absolute Gasteiger partial charge is 0.328 e. The van der Waals surface area contributed by atoms with Crippen molar-refractivity contribution in [3.05, 3.63) is 29.8 Å². The molecule has 1 aromatic carbocycles. The number of ether oxygens (including phenoxy) is 2. The van der Waals surface area contributed by atoms with Crippen LogP contribution in [0.1, 0.15) is 10.4 Å². The van der Waals surface area contributed by atoms with Crippen molar-refractivity contribution < 1.29 is 24.2 Å². The lowest BCUT2D eigenvalue weighted by Gasteiger charge is -2.32. The number of methoxy groups -OCH3 is 1. The van der Waals surface area contributed by atoms with E-state index in [1.54, 1.807) is 31.4 Å². The monoisotopic (exact) mass is 265 g/mol. The molecule has 1 aliphatic rings. The summed E-state index contributed by atoms with van der Waals surface area (Å²) in [6.07, 6.45) is 0.